The maximum Gasteiger partial charge on any atom is 0.227 e. The number of benzene rings is 1. The molecule has 0 bridgehead atoms. The summed E-state index contributed by atoms with van der Waals surface area (Å²) in [5.41, 5.74) is 2.59. The molecule has 132 valence electrons. The SMILES string of the molecule is COc1cccc(CN2CCC(C(=O)N3CCc4sccc4C3)C2)c1. The van der Waals surface area contributed by atoms with E-state index in [0.717, 1.165) is 51.3 Å². The van der Waals surface area contributed by atoms with E-state index in [0.29, 0.717) is 5.91 Å². The van der Waals surface area contributed by atoms with E-state index in [2.05, 4.69) is 33.4 Å². The fourth-order valence-corrected chi connectivity index (χ4v) is 4.79. The van der Waals surface area contributed by atoms with Crippen molar-refractivity contribution in [3.05, 3.63) is 51.7 Å². The molecular formula is C20H24N2O2S. The van der Waals surface area contributed by atoms with Gasteiger partial charge in [-0.15, -0.1) is 11.3 Å². The molecule has 4 rings (SSSR count). The van der Waals surface area contributed by atoms with Gasteiger partial charge in [0.1, 0.15) is 5.75 Å². The number of hydrogen-bond acceptors (Lipinski definition) is 4. The Kier molecular flexibility index (Phi) is 4.77. The van der Waals surface area contributed by atoms with Crippen molar-refractivity contribution < 1.29 is 9.53 Å². The molecule has 0 saturated carbocycles. The van der Waals surface area contributed by atoms with E-state index in [-0.39, 0.29) is 5.92 Å². The summed E-state index contributed by atoms with van der Waals surface area (Å²) in [6.07, 6.45) is 1.98. The molecule has 0 aliphatic carbocycles. The molecule has 2 aliphatic heterocycles. The molecule has 2 aliphatic rings. The summed E-state index contributed by atoms with van der Waals surface area (Å²) in [6.45, 7) is 4.41. The summed E-state index contributed by atoms with van der Waals surface area (Å²) in [7, 11) is 1.70. The molecule has 4 nitrogen and oxygen atoms in total. The fourth-order valence-electron chi connectivity index (χ4n) is 3.90. The van der Waals surface area contributed by atoms with E-state index in [9.17, 15) is 4.79 Å². The number of hydrogen-bond donors (Lipinski definition) is 0. The van der Waals surface area contributed by atoms with Gasteiger partial charge in [0.25, 0.3) is 0 Å². The van der Waals surface area contributed by atoms with Gasteiger partial charge >= 0.3 is 0 Å². The van der Waals surface area contributed by atoms with E-state index in [1.54, 1.807) is 7.11 Å². The minimum atomic E-state index is 0.144. The Bertz CT molecular complexity index is 758. The van der Waals surface area contributed by atoms with Crippen LogP contribution in [0, 0.1) is 5.92 Å². The Balaban J connectivity index is 1.35. The van der Waals surface area contributed by atoms with Crippen molar-refractivity contribution in [1.82, 2.24) is 9.80 Å². The molecule has 3 heterocycles. The zero-order chi connectivity index (χ0) is 17.2. The largest absolute Gasteiger partial charge is 0.497 e. The van der Waals surface area contributed by atoms with Gasteiger partial charge in [-0.1, -0.05) is 12.1 Å². The highest BCUT2D eigenvalue weighted by atomic mass is 32.1. The van der Waals surface area contributed by atoms with Crippen LogP contribution in [0.5, 0.6) is 5.75 Å². The lowest BCUT2D eigenvalue weighted by Crippen LogP contribution is -2.40. The molecule has 1 unspecified atom stereocenters. The van der Waals surface area contributed by atoms with Crippen LogP contribution in [-0.2, 0) is 24.3 Å². The van der Waals surface area contributed by atoms with Crippen LogP contribution in [0.25, 0.3) is 0 Å². The van der Waals surface area contributed by atoms with E-state index in [1.165, 1.54) is 16.0 Å². The Hall–Kier alpha value is -1.85. The second kappa shape index (κ2) is 7.18. The van der Waals surface area contributed by atoms with Crippen molar-refractivity contribution in [2.75, 3.05) is 26.7 Å². The lowest BCUT2D eigenvalue weighted by Gasteiger charge is -2.29. The Labute approximate surface area is 153 Å². The van der Waals surface area contributed by atoms with Crippen molar-refractivity contribution in [3.8, 4) is 5.75 Å². The smallest absolute Gasteiger partial charge is 0.227 e. The normalized spacial score (nSPS) is 20.5. The van der Waals surface area contributed by atoms with Gasteiger partial charge < -0.3 is 9.64 Å². The number of likely N-dealkylation sites (tertiary alicyclic amines) is 1. The first-order chi connectivity index (χ1) is 12.2. The van der Waals surface area contributed by atoms with Crippen LogP contribution in [0.3, 0.4) is 0 Å². The highest BCUT2D eigenvalue weighted by Crippen LogP contribution is 2.27. The number of carbonyl (C=O) groups is 1. The Morgan fingerprint density at radius 3 is 3.12 bits per heavy atom. The van der Waals surface area contributed by atoms with E-state index < -0.39 is 0 Å². The van der Waals surface area contributed by atoms with Gasteiger partial charge in [-0.05, 0) is 54.1 Å². The molecule has 25 heavy (non-hydrogen) atoms. The number of nitrogens with zero attached hydrogens (tertiary/aromatic N) is 2. The number of amides is 1. The number of thiophene rings is 1. The van der Waals surface area contributed by atoms with Gasteiger partial charge in [-0.2, -0.15) is 0 Å². The molecule has 0 radical (unpaired) electrons. The quantitative estimate of drug-likeness (QED) is 0.844. The van der Waals surface area contributed by atoms with E-state index in [1.807, 2.05) is 23.5 Å². The van der Waals surface area contributed by atoms with Gasteiger partial charge in [0.15, 0.2) is 0 Å². The topological polar surface area (TPSA) is 32.8 Å². The van der Waals surface area contributed by atoms with Crippen LogP contribution in [-0.4, -0.2) is 42.5 Å². The fraction of sp³-hybridized carbons (Fsp3) is 0.450. The molecule has 1 saturated heterocycles. The van der Waals surface area contributed by atoms with Crippen molar-refractivity contribution in [1.29, 1.82) is 0 Å². The van der Waals surface area contributed by atoms with Crippen molar-refractivity contribution in [2.45, 2.75) is 25.9 Å². The molecule has 1 fully saturated rings. The van der Waals surface area contributed by atoms with Gasteiger partial charge in [0.2, 0.25) is 5.91 Å². The second-order valence-electron chi connectivity index (χ2n) is 6.95. The highest BCUT2D eigenvalue weighted by molar-refractivity contribution is 7.10. The molecular weight excluding hydrogens is 332 g/mol. The van der Waals surface area contributed by atoms with Crippen LogP contribution >= 0.6 is 11.3 Å². The number of methoxy groups -OCH3 is 1. The van der Waals surface area contributed by atoms with Crippen LogP contribution in [0.15, 0.2) is 35.7 Å². The number of fused-ring (bicyclic) bond motifs is 1. The van der Waals surface area contributed by atoms with Crippen molar-refractivity contribution in [3.63, 3.8) is 0 Å². The van der Waals surface area contributed by atoms with Crippen molar-refractivity contribution >= 4 is 17.2 Å². The minimum absolute atomic E-state index is 0.144. The van der Waals surface area contributed by atoms with Crippen LogP contribution in [0.1, 0.15) is 22.4 Å². The third-order valence-corrected chi connectivity index (χ3v) is 6.30. The monoisotopic (exact) mass is 356 g/mol. The second-order valence-corrected chi connectivity index (χ2v) is 7.95. The van der Waals surface area contributed by atoms with Crippen molar-refractivity contribution in [2.24, 2.45) is 5.92 Å². The van der Waals surface area contributed by atoms with Gasteiger partial charge in [0.05, 0.1) is 13.0 Å². The first kappa shape index (κ1) is 16.6. The van der Waals surface area contributed by atoms with E-state index in [4.69, 9.17) is 4.74 Å². The van der Waals surface area contributed by atoms with Gasteiger partial charge in [0, 0.05) is 31.1 Å². The highest BCUT2D eigenvalue weighted by Gasteiger charge is 2.32. The zero-order valence-electron chi connectivity index (χ0n) is 14.6. The predicted molar refractivity (Wildman–Crippen MR) is 99.8 cm³/mol. The lowest BCUT2D eigenvalue weighted by molar-refractivity contribution is -0.136. The maximum atomic E-state index is 12.9. The molecule has 1 atom stereocenters. The summed E-state index contributed by atoms with van der Waals surface area (Å²) >= 11 is 1.82. The first-order valence-electron chi connectivity index (χ1n) is 8.92. The summed E-state index contributed by atoms with van der Waals surface area (Å²) in [6, 6.07) is 10.4. The average Bonchev–Trinajstić information content (AvgIpc) is 3.29. The maximum absolute atomic E-state index is 12.9. The average molecular weight is 356 g/mol. The summed E-state index contributed by atoms with van der Waals surface area (Å²) < 4.78 is 5.30. The lowest BCUT2D eigenvalue weighted by atomic mass is 10.0. The molecule has 5 heteroatoms. The van der Waals surface area contributed by atoms with Crippen LogP contribution in [0.2, 0.25) is 0 Å². The van der Waals surface area contributed by atoms with Crippen LogP contribution in [0.4, 0.5) is 0 Å². The summed E-state index contributed by atoms with van der Waals surface area (Å²) in [5, 5.41) is 2.14. The predicted octanol–water partition coefficient (Wildman–Crippen LogP) is 3.16. The van der Waals surface area contributed by atoms with Gasteiger partial charge in [-0.25, -0.2) is 0 Å². The third kappa shape index (κ3) is 3.58. The molecule has 2 aromatic rings. The summed E-state index contributed by atoms with van der Waals surface area (Å²) in [5.74, 6) is 1.37. The number of carbonyl (C=O) groups excluding carboxylic acids is 1. The van der Waals surface area contributed by atoms with E-state index >= 15 is 0 Å². The Morgan fingerprint density at radius 2 is 2.24 bits per heavy atom. The number of ether oxygens (including phenoxy) is 1. The third-order valence-electron chi connectivity index (χ3n) is 5.28. The standard InChI is InChI=1S/C20H24N2O2S/c1-24-18-4-2-3-15(11-18)12-21-8-5-17(13-21)20(23)22-9-6-19-16(14-22)7-10-25-19/h2-4,7,10-11,17H,5-6,8-9,12-14H2,1H3. The van der Waals surface area contributed by atoms with Gasteiger partial charge in [-0.3, -0.25) is 9.69 Å². The first-order valence-corrected chi connectivity index (χ1v) is 9.80. The zero-order valence-corrected chi connectivity index (χ0v) is 15.4. The molecule has 1 amide bonds. The number of rotatable bonds is 4. The summed E-state index contributed by atoms with van der Waals surface area (Å²) in [4.78, 5) is 18.8. The molecule has 0 N–H and O–H groups in total. The minimum Gasteiger partial charge on any atom is -0.497 e. The van der Waals surface area contributed by atoms with Crippen LogP contribution < -0.4 is 4.74 Å². The molecule has 1 aromatic carbocycles. The Morgan fingerprint density at radius 1 is 1.32 bits per heavy atom. The molecule has 1 aromatic heterocycles. The molecule has 0 spiro atoms.